The Labute approximate surface area is 102 Å². The summed E-state index contributed by atoms with van der Waals surface area (Å²) in [5, 5.41) is 18.6. The van der Waals surface area contributed by atoms with E-state index in [4.69, 9.17) is 5.11 Å². The molecule has 0 amide bonds. The van der Waals surface area contributed by atoms with E-state index in [2.05, 4.69) is 4.98 Å². The van der Waals surface area contributed by atoms with Gasteiger partial charge in [0.05, 0.1) is 6.42 Å². The van der Waals surface area contributed by atoms with Gasteiger partial charge >= 0.3 is 5.97 Å². The van der Waals surface area contributed by atoms with Gasteiger partial charge in [-0.15, -0.1) is 11.3 Å². The van der Waals surface area contributed by atoms with Crippen LogP contribution in [0.15, 0.2) is 30.5 Å². The summed E-state index contributed by atoms with van der Waals surface area (Å²) in [6, 6.07) is 6.78. The molecule has 1 aromatic heterocycles. The van der Waals surface area contributed by atoms with E-state index in [1.54, 1.807) is 30.5 Å². The third-order valence-electron chi connectivity index (χ3n) is 2.25. The second-order valence-corrected chi connectivity index (χ2v) is 4.69. The SMILES string of the molecule is O=C(O)CCc1cnc(-c2ccc(O)cc2)s1. The molecule has 4 nitrogen and oxygen atoms in total. The summed E-state index contributed by atoms with van der Waals surface area (Å²) in [5.74, 6) is -0.582. The predicted molar refractivity (Wildman–Crippen MR) is 65.2 cm³/mol. The van der Waals surface area contributed by atoms with E-state index >= 15 is 0 Å². The number of rotatable bonds is 4. The molecular formula is C12H11NO3S. The molecule has 1 heterocycles. The van der Waals surface area contributed by atoms with Crippen LogP contribution in [0.3, 0.4) is 0 Å². The van der Waals surface area contributed by atoms with Crippen LogP contribution < -0.4 is 0 Å². The van der Waals surface area contributed by atoms with E-state index < -0.39 is 5.97 Å². The highest BCUT2D eigenvalue weighted by molar-refractivity contribution is 7.15. The summed E-state index contributed by atoms with van der Waals surface area (Å²) < 4.78 is 0. The molecule has 0 fully saturated rings. The fourth-order valence-corrected chi connectivity index (χ4v) is 2.31. The van der Waals surface area contributed by atoms with Gasteiger partial charge in [-0.3, -0.25) is 4.79 Å². The van der Waals surface area contributed by atoms with Crippen LogP contribution in [0, 0.1) is 0 Å². The van der Waals surface area contributed by atoms with Gasteiger partial charge < -0.3 is 10.2 Å². The van der Waals surface area contributed by atoms with Crippen molar-refractivity contribution in [3.8, 4) is 16.3 Å². The third-order valence-corrected chi connectivity index (χ3v) is 3.36. The molecule has 1 aromatic carbocycles. The van der Waals surface area contributed by atoms with E-state index in [0.717, 1.165) is 15.4 Å². The number of carboxylic acid groups (broad SMARTS) is 1. The Balaban J connectivity index is 2.12. The average molecular weight is 249 g/mol. The first-order valence-corrected chi connectivity index (χ1v) is 5.93. The van der Waals surface area contributed by atoms with Crippen molar-refractivity contribution >= 4 is 17.3 Å². The number of phenolic OH excluding ortho intramolecular Hbond substituents is 1. The maximum Gasteiger partial charge on any atom is 0.303 e. The fraction of sp³-hybridized carbons (Fsp3) is 0.167. The van der Waals surface area contributed by atoms with Gasteiger partial charge in [0.15, 0.2) is 0 Å². The molecule has 0 saturated heterocycles. The number of thiazole rings is 1. The number of hydrogen-bond acceptors (Lipinski definition) is 4. The molecule has 5 heteroatoms. The zero-order valence-corrected chi connectivity index (χ0v) is 9.78. The Kier molecular flexibility index (Phi) is 3.39. The molecule has 0 unspecified atom stereocenters. The Morgan fingerprint density at radius 1 is 1.29 bits per heavy atom. The van der Waals surface area contributed by atoms with Gasteiger partial charge in [0.2, 0.25) is 0 Å². The van der Waals surface area contributed by atoms with Crippen molar-refractivity contribution in [3.05, 3.63) is 35.3 Å². The normalized spacial score (nSPS) is 10.4. The molecule has 0 spiro atoms. The smallest absolute Gasteiger partial charge is 0.303 e. The zero-order valence-electron chi connectivity index (χ0n) is 8.96. The fourth-order valence-electron chi connectivity index (χ4n) is 1.39. The maximum absolute atomic E-state index is 10.4. The summed E-state index contributed by atoms with van der Waals surface area (Å²) in [4.78, 5) is 15.6. The van der Waals surface area contributed by atoms with Crippen LogP contribution in [0.25, 0.3) is 10.6 Å². The molecule has 0 atom stereocenters. The van der Waals surface area contributed by atoms with E-state index in [0.29, 0.717) is 6.42 Å². The maximum atomic E-state index is 10.4. The molecule has 2 aromatic rings. The van der Waals surface area contributed by atoms with E-state index in [1.807, 2.05) is 0 Å². The molecule has 0 bridgehead atoms. The van der Waals surface area contributed by atoms with Crippen LogP contribution in [-0.4, -0.2) is 21.2 Å². The summed E-state index contributed by atoms with van der Waals surface area (Å²) >= 11 is 1.48. The lowest BCUT2D eigenvalue weighted by Gasteiger charge is -1.95. The number of phenols is 1. The Bertz CT molecular complexity index is 519. The van der Waals surface area contributed by atoms with Crippen LogP contribution in [0.4, 0.5) is 0 Å². The first-order valence-electron chi connectivity index (χ1n) is 5.11. The summed E-state index contributed by atoms with van der Waals surface area (Å²) in [7, 11) is 0. The minimum atomic E-state index is -0.801. The number of aromatic hydroxyl groups is 1. The van der Waals surface area contributed by atoms with Gasteiger partial charge in [-0.2, -0.15) is 0 Å². The van der Waals surface area contributed by atoms with Crippen LogP contribution in [0.5, 0.6) is 5.75 Å². The molecule has 17 heavy (non-hydrogen) atoms. The highest BCUT2D eigenvalue weighted by Gasteiger charge is 2.06. The number of aryl methyl sites for hydroxylation is 1. The lowest BCUT2D eigenvalue weighted by atomic mass is 10.2. The number of carboxylic acids is 1. The molecule has 2 N–H and O–H groups in total. The second-order valence-electron chi connectivity index (χ2n) is 3.57. The monoisotopic (exact) mass is 249 g/mol. The van der Waals surface area contributed by atoms with E-state index in [1.165, 1.54) is 11.3 Å². The van der Waals surface area contributed by atoms with Gasteiger partial charge in [-0.05, 0) is 30.7 Å². The standard InChI is InChI=1S/C12H11NO3S/c14-9-3-1-8(2-4-9)12-13-7-10(17-12)5-6-11(15)16/h1-4,7,14H,5-6H2,(H,15,16). The Morgan fingerprint density at radius 3 is 2.65 bits per heavy atom. The van der Waals surface area contributed by atoms with Crippen molar-refractivity contribution in [1.82, 2.24) is 4.98 Å². The molecule has 2 rings (SSSR count). The van der Waals surface area contributed by atoms with Crippen molar-refractivity contribution in [3.63, 3.8) is 0 Å². The number of benzene rings is 1. The van der Waals surface area contributed by atoms with Crippen LogP contribution in [-0.2, 0) is 11.2 Å². The van der Waals surface area contributed by atoms with Gasteiger partial charge in [-0.25, -0.2) is 4.98 Å². The molecule has 0 aliphatic heterocycles. The summed E-state index contributed by atoms with van der Waals surface area (Å²) in [5.41, 5.74) is 0.925. The minimum Gasteiger partial charge on any atom is -0.508 e. The first-order chi connectivity index (χ1) is 8.15. The van der Waals surface area contributed by atoms with Crippen molar-refractivity contribution in [2.75, 3.05) is 0 Å². The number of hydrogen-bond donors (Lipinski definition) is 2. The average Bonchev–Trinajstić information content (AvgIpc) is 2.76. The number of nitrogens with zero attached hydrogens (tertiary/aromatic N) is 1. The van der Waals surface area contributed by atoms with Crippen LogP contribution >= 0.6 is 11.3 Å². The zero-order chi connectivity index (χ0) is 12.3. The Hall–Kier alpha value is -1.88. The highest BCUT2D eigenvalue weighted by Crippen LogP contribution is 2.27. The number of aliphatic carboxylic acids is 1. The quantitative estimate of drug-likeness (QED) is 0.873. The molecule has 0 aliphatic rings. The lowest BCUT2D eigenvalue weighted by molar-refractivity contribution is -0.136. The summed E-state index contributed by atoms with van der Waals surface area (Å²) in [6.07, 6.45) is 2.33. The van der Waals surface area contributed by atoms with E-state index in [9.17, 15) is 9.90 Å². The molecule has 0 radical (unpaired) electrons. The van der Waals surface area contributed by atoms with E-state index in [-0.39, 0.29) is 12.2 Å². The van der Waals surface area contributed by atoms with Crippen LogP contribution in [0.2, 0.25) is 0 Å². The van der Waals surface area contributed by atoms with Crippen molar-refractivity contribution < 1.29 is 15.0 Å². The first kappa shape index (κ1) is 11.6. The number of carbonyl (C=O) groups is 1. The van der Waals surface area contributed by atoms with Gasteiger partial charge in [0.25, 0.3) is 0 Å². The largest absolute Gasteiger partial charge is 0.508 e. The van der Waals surface area contributed by atoms with Crippen molar-refractivity contribution in [2.45, 2.75) is 12.8 Å². The minimum absolute atomic E-state index is 0.122. The lowest BCUT2D eigenvalue weighted by Crippen LogP contribution is -1.95. The molecular weight excluding hydrogens is 238 g/mol. The molecule has 0 aliphatic carbocycles. The summed E-state index contributed by atoms with van der Waals surface area (Å²) in [6.45, 7) is 0. The number of aromatic nitrogens is 1. The van der Waals surface area contributed by atoms with Gasteiger partial charge in [0.1, 0.15) is 10.8 Å². The molecule has 0 saturated carbocycles. The Morgan fingerprint density at radius 2 is 2.00 bits per heavy atom. The second kappa shape index (κ2) is 4.97. The highest BCUT2D eigenvalue weighted by atomic mass is 32.1. The molecule has 88 valence electrons. The van der Waals surface area contributed by atoms with Crippen molar-refractivity contribution in [2.24, 2.45) is 0 Å². The van der Waals surface area contributed by atoms with Gasteiger partial charge in [0, 0.05) is 16.6 Å². The topological polar surface area (TPSA) is 70.4 Å². The third kappa shape index (κ3) is 3.04. The van der Waals surface area contributed by atoms with Crippen molar-refractivity contribution in [1.29, 1.82) is 0 Å². The van der Waals surface area contributed by atoms with Gasteiger partial charge in [-0.1, -0.05) is 0 Å². The van der Waals surface area contributed by atoms with Crippen LogP contribution in [0.1, 0.15) is 11.3 Å². The predicted octanol–water partition coefficient (Wildman–Crippen LogP) is 2.53.